The fraction of sp³-hybridized carbons (Fsp3) is 1.00. The van der Waals surface area contributed by atoms with Crippen molar-refractivity contribution in [3.8, 4) is 0 Å². The van der Waals surface area contributed by atoms with E-state index in [0.717, 1.165) is 0 Å². The van der Waals surface area contributed by atoms with Crippen LogP contribution < -0.4 is 10.6 Å². The van der Waals surface area contributed by atoms with E-state index >= 15 is 0 Å². The second kappa shape index (κ2) is 3.88. The van der Waals surface area contributed by atoms with Gasteiger partial charge in [0.25, 0.3) is 0 Å². The molecule has 4 nitrogen and oxygen atoms in total. The average Bonchev–Trinajstić information content (AvgIpc) is 1.59. The van der Waals surface area contributed by atoms with E-state index < -0.39 is 12.0 Å². The molecular formula is C6H16N2O2. The largest absolute Gasteiger partial charge is 0.379 e. The number of rotatable bonds is 4. The zero-order valence-electron chi connectivity index (χ0n) is 6.68. The molecule has 0 aliphatic carbocycles. The van der Waals surface area contributed by atoms with Crippen molar-refractivity contribution < 1.29 is 10.2 Å². The summed E-state index contributed by atoms with van der Waals surface area (Å²) in [6, 6.07) is 0. The molecule has 0 saturated carbocycles. The predicted octanol–water partition coefficient (Wildman–Crippen LogP) is -0.810. The molecule has 0 radical (unpaired) electrons. The number of hydrogen-bond acceptors (Lipinski definition) is 4. The van der Waals surface area contributed by atoms with E-state index in [4.69, 9.17) is 10.2 Å². The predicted molar refractivity (Wildman–Crippen MR) is 39.1 cm³/mol. The van der Waals surface area contributed by atoms with Crippen LogP contribution in [0.5, 0.6) is 0 Å². The quantitative estimate of drug-likeness (QED) is 0.394. The molecule has 0 rings (SSSR count). The summed E-state index contributed by atoms with van der Waals surface area (Å²) in [6.45, 7) is 5.28. The van der Waals surface area contributed by atoms with E-state index in [1.54, 1.807) is 20.8 Å². The van der Waals surface area contributed by atoms with Gasteiger partial charge in [-0.05, 0) is 20.8 Å². The van der Waals surface area contributed by atoms with Crippen LogP contribution in [0.2, 0.25) is 0 Å². The van der Waals surface area contributed by atoms with Crippen LogP contribution in [-0.2, 0) is 0 Å². The number of aliphatic hydroxyl groups excluding tert-OH is 1. The summed E-state index contributed by atoms with van der Waals surface area (Å²) in [4.78, 5) is 0. The van der Waals surface area contributed by atoms with Gasteiger partial charge in [-0.2, -0.15) is 0 Å². The van der Waals surface area contributed by atoms with E-state index in [2.05, 4.69) is 10.6 Å². The first-order valence-corrected chi connectivity index (χ1v) is 3.30. The molecule has 1 unspecified atom stereocenters. The fourth-order valence-corrected chi connectivity index (χ4v) is 0.415. The van der Waals surface area contributed by atoms with Crippen molar-refractivity contribution >= 4 is 0 Å². The Hall–Kier alpha value is -0.160. The van der Waals surface area contributed by atoms with Crippen molar-refractivity contribution in [2.75, 3.05) is 6.67 Å². The maximum absolute atomic E-state index is 9.10. The molecule has 0 bridgehead atoms. The normalized spacial score (nSPS) is 15.3. The third-order valence-electron chi connectivity index (χ3n) is 0.918. The molecule has 0 fully saturated rings. The fourth-order valence-electron chi connectivity index (χ4n) is 0.415. The van der Waals surface area contributed by atoms with Gasteiger partial charge in [-0.3, -0.25) is 10.6 Å². The maximum atomic E-state index is 9.10. The van der Waals surface area contributed by atoms with Gasteiger partial charge in [0.1, 0.15) is 12.0 Å². The van der Waals surface area contributed by atoms with E-state index in [0.29, 0.717) is 6.67 Å². The number of nitrogens with one attached hydrogen (secondary N) is 2. The van der Waals surface area contributed by atoms with Crippen LogP contribution in [0.1, 0.15) is 20.8 Å². The van der Waals surface area contributed by atoms with Crippen molar-refractivity contribution in [3.05, 3.63) is 0 Å². The molecule has 0 aliphatic heterocycles. The molecule has 0 aromatic heterocycles. The summed E-state index contributed by atoms with van der Waals surface area (Å²) in [5, 5.41) is 23.2. The zero-order valence-corrected chi connectivity index (χ0v) is 6.68. The van der Waals surface area contributed by atoms with Crippen molar-refractivity contribution in [2.45, 2.75) is 32.7 Å². The molecule has 0 aromatic carbocycles. The molecule has 1 atom stereocenters. The molecule has 62 valence electrons. The van der Waals surface area contributed by atoms with E-state index in [9.17, 15) is 0 Å². The maximum Gasteiger partial charge on any atom is 0.111 e. The van der Waals surface area contributed by atoms with Gasteiger partial charge in [-0.25, -0.2) is 0 Å². The molecule has 0 aliphatic rings. The van der Waals surface area contributed by atoms with Crippen molar-refractivity contribution in [1.29, 1.82) is 0 Å². The van der Waals surface area contributed by atoms with Crippen LogP contribution in [0.15, 0.2) is 0 Å². The highest BCUT2D eigenvalue weighted by atomic mass is 16.3. The Labute approximate surface area is 61.3 Å². The highest BCUT2D eigenvalue weighted by molar-refractivity contribution is 4.60. The summed E-state index contributed by atoms with van der Waals surface area (Å²) < 4.78 is 0. The Balaban J connectivity index is 3.21. The Kier molecular flexibility index (Phi) is 3.81. The first-order chi connectivity index (χ1) is 4.42. The summed E-state index contributed by atoms with van der Waals surface area (Å²) in [6.07, 6.45) is -0.546. The Morgan fingerprint density at radius 3 is 2.30 bits per heavy atom. The summed E-state index contributed by atoms with van der Waals surface area (Å²) in [5.74, 6) is 0. The summed E-state index contributed by atoms with van der Waals surface area (Å²) in [5.41, 5.74) is -0.887. The third-order valence-corrected chi connectivity index (χ3v) is 0.918. The van der Waals surface area contributed by atoms with Gasteiger partial charge >= 0.3 is 0 Å². The summed E-state index contributed by atoms with van der Waals surface area (Å²) in [7, 11) is 0. The van der Waals surface area contributed by atoms with Gasteiger partial charge in [-0.1, -0.05) is 0 Å². The molecule has 4 heteroatoms. The van der Waals surface area contributed by atoms with Crippen LogP contribution in [-0.4, -0.2) is 28.8 Å². The van der Waals surface area contributed by atoms with Crippen molar-refractivity contribution in [2.24, 2.45) is 0 Å². The smallest absolute Gasteiger partial charge is 0.111 e. The first kappa shape index (κ1) is 9.84. The lowest BCUT2D eigenvalue weighted by molar-refractivity contribution is 0.0346. The lowest BCUT2D eigenvalue weighted by Gasteiger charge is -2.20. The lowest BCUT2D eigenvalue weighted by Crippen LogP contribution is -2.46. The van der Waals surface area contributed by atoms with Gasteiger partial charge in [0.2, 0.25) is 0 Å². The standard InChI is InChI=1S/C6H16N2O2/c1-5(9)7-4-8-6(2,3)10/h5,7-10H,4H2,1-3H3. The minimum Gasteiger partial charge on any atom is -0.379 e. The zero-order chi connectivity index (χ0) is 8.20. The third kappa shape index (κ3) is 7.84. The van der Waals surface area contributed by atoms with Crippen LogP contribution in [0.3, 0.4) is 0 Å². The summed E-state index contributed by atoms with van der Waals surface area (Å²) >= 11 is 0. The topological polar surface area (TPSA) is 64.5 Å². The van der Waals surface area contributed by atoms with E-state index in [-0.39, 0.29) is 0 Å². The first-order valence-electron chi connectivity index (χ1n) is 3.30. The molecule has 0 aromatic rings. The van der Waals surface area contributed by atoms with Crippen LogP contribution >= 0.6 is 0 Å². The molecule has 4 N–H and O–H groups in total. The van der Waals surface area contributed by atoms with Crippen molar-refractivity contribution in [3.63, 3.8) is 0 Å². The van der Waals surface area contributed by atoms with Crippen LogP contribution in [0.4, 0.5) is 0 Å². The average molecular weight is 148 g/mol. The Morgan fingerprint density at radius 2 is 2.00 bits per heavy atom. The number of hydrogen-bond donors (Lipinski definition) is 4. The highest BCUT2D eigenvalue weighted by Gasteiger charge is 2.09. The van der Waals surface area contributed by atoms with Gasteiger partial charge in [-0.15, -0.1) is 0 Å². The van der Waals surface area contributed by atoms with Crippen LogP contribution in [0, 0.1) is 0 Å². The van der Waals surface area contributed by atoms with E-state index in [1.807, 2.05) is 0 Å². The second-order valence-electron chi connectivity index (χ2n) is 2.79. The molecule has 10 heavy (non-hydrogen) atoms. The SMILES string of the molecule is CC(O)NCNC(C)(C)O. The monoisotopic (exact) mass is 148 g/mol. The van der Waals surface area contributed by atoms with E-state index in [1.165, 1.54) is 0 Å². The minimum atomic E-state index is -0.887. The van der Waals surface area contributed by atoms with Gasteiger partial charge in [0, 0.05) is 6.67 Å². The Morgan fingerprint density at radius 1 is 1.50 bits per heavy atom. The van der Waals surface area contributed by atoms with Crippen molar-refractivity contribution in [1.82, 2.24) is 10.6 Å². The van der Waals surface area contributed by atoms with Gasteiger partial charge < -0.3 is 10.2 Å². The van der Waals surface area contributed by atoms with Crippen LogP contribution in [0.25, 0.3) is 0 Å². The minimum absolute atomic E-state index is 0.390. The molecular weight excluding hydrogens is 132 g/mol. The molecule has 0 spiro atoms. The molecule has 0 saturated heterocycles. The Bertz CT molecular complexity index is 88.2. The number of aliphatic hydroxyl groups is 2. The lowest BCUT2D eigenvalue weighted by atomic mass is 10.3. The highest BCUT2D eigenvalue weighted by Crippen LogP contribution is 1.91. The molecule has 0 amide bonds. The second-order valence-corrected chi connectivity index (χ2v) is 2.79. The van der Waals surface area contributed by atoms with Gasteiger partial charge in [0.05, 0.1) is 0 Å². The van der Waals surface area contributed by atoms with Gasteiger partial charge in [0.15, 0.2) is 0 Å². The molecule has 0 heterocycles.